The molecule has 10 heteroatoms. The lowest BCUT2D eigenvalue weighted by Crippen LogP contribution is -2.42. The van der Waals surface area contributed by atoms with Crippen molar-refractivity contribution in [2.45, 2.75) is 37.8 Å². The highest BCUT2D eigenvalue weighted by molar-refractivity contribution is 6.34. The number of hydrogen-bond acceptors (Lipinski definition) is 4. The summed E-state index contributed by atoms with van der Waals surface area (Å²) in [6.07, 6.45) is -2.57. The molecule has 0 spiro atoms. The van der Waals surface area contributed by atoms with Gasteiger partial charge >= 0.3 is 6.18 Å². The average Bonchev–Trinajstić information content (AvgIpc) is 3.37. The van der Waals surface area contributed by atoms with E-state index in [2.05, 4.69) is 10.8 Å². The first kappa shape index (κ1) is 22.9. The molecule has 2 atom stereocenters. The van der Waals surface area contributed by atoms with Crippen molar-refractivity contribution in [3.05, 3.63) is 74.8 Å². The zero-order valence-corrected chi connectivity index (χ0v) is 18.4. The van der Waals surface area contributed by atoms with E-state index in [1.54, 1.807) is 25.1 Å². The minimum absolute atomic E-state index is 0.0547. The fourth-order valence-electron chi connectivity index (χ4n) is 3.76. The quantitative estimate of drug-likeness (QED) is 0.598. The number of ether oxygens (including phenoxy) is 1. The molecular formula is C22H19Cl2F3N2O3. The molecular weight excluding hydrogens is 468 g/mol. The van der Waals surface area contributed by atoms with Gasteiger partial charge in [0, 0.05) is 27.8 Å². The largest absolute Gasteiger partial charge is 0.428 e. The molecule has 2 heterocycles. The second-order valence-corrected chi connectivity index (χ2v) is 8.53. The lowest BCUT2D eigenvalue weighted by molar-refractivity contribution is -0.269. The van der Waals surface area contributed by atoms with Gasteiger partial charge < -0.3 is 10.1 Å². The van der Waals surface area contributed by atoms with Crippen LogP contribution in [-0.2, 0) is 15.2 Å². The Morgan fingerprint density at radius 2 is 1.91 bits per heavy atom. The number of rotatable bonds is 4. The van der Waals surface area contributed by atoms with Crippen molar-refractivity contribution in [3.63, 3.8) is 0 Å². The van der Waals surface area contributed by atoms with Crippen LogP contribution in [0.15, 0.2) is 42.5 Å². The van der Waals surface area contributed by atoms with Crippen molar-refractivity contribution < 1.29 is 27.5 Å². The molecule has 5 nitrogen and oxygen atoms in total. The van der Waals surface area contributed by atoms with E-state index in [0.717, 1.165) is 31.1 Å². The van der Waals surface area contributed by atoms with Crippen LogP contribution in [-0.4, -0.2) is 24.9 Å². The second kappa shape index (κ2) is 8.59. The van der Waals surface area contributed by atoms with Crippen LogP contribution in [0.3, 0.4) is 0 Å². The molecule has 32 heavy (non-hydrogen) atoms. The van der Waals surface area contributed by atoms with Crippen molar-refractivity contribution >= 4 is 34.8 Å². The van der Waals surface area contributed by atoms with Gasteiger partial charge in [0.15, 0.2) is 0 Å². The Labute approximate surface area is 192 Å². The third-order valence-corrected chi connectivity index (χ3v) is 5.82. The molecule has 0 radical (unpaired) electrons. The van der Waals surface area contributed by atoms with Crippen molar-refractivity contribution in [2.75, 3.05) is 6.61 Å². The number of benzene rings is 2. The van der Waals surface area contributed by atoms with Gasteiger partial charge in [-0.3, -0.25) is 15.1 Å². The average molecular weight is 487 g/mol. The molecule has 2 aromatic rings. The number of carbonyl (C=O) groups is 1. The molecule has 1 amide bonds. The monoisotopic (exact) mass is 486 g/mol. The summed E-state index contributed by atoms with van der Waals surface area (Å²) < 4.78 is 47.8. The van der Waals surface area contributed by atoms with Crippen molar-refractivity contribution in [3.8, 4) is 0 Å². The zero-order chi connectivity index (χ0) is 23.1. The van der Waals surface area contributed by atoms with E-state index in [1.165, 1.54) is 6.07 Å². The molecule has 0 aromatic heterocycles. The van der Waals surface area contributed by atoms with E-state index in [9.17, 15) is 18.0 Å². The number of halogens is 5. The molecule has 2 aliphatic heterocycles. The minimum atomic E-state index is -4.80. The number of alkyl halides is 3. The van der Waals surface area contributed by atoms with Gasteiger partial charge in [-0.2, -0.15) is 13.2 Å². The molecule has 0 aliphatic carbocycles. The molecule has 2 aliphatic rings. The van der Waals surface area contributed by atoms with Gasteiger partial charge in [-0.15, -0.1) is 0 Å². The Bertz CT molecular complexity index is 1060. The predicted molar refractivity (Wildman–Crippen MR) is 114 cm³/mol. The fraction of sp³-hybridized carbons (Fsp3) is 0.318. The van der Waals surface area contributed by atoms with Gasteiger partial charge in [-0.05, 0) is 67.3 Å². The van der Waals surface area contributed by atoms with Crippen molar-refractivity contribution in [2.24, 2.45) is 0 Å². The summed E-state index contributed by atoms with van der Waals surface area (Å²) in [7, 11) is 0. The number of nitrogens with one attached hydrogen (secondary N) is 2. The van der Waals surface area contributed by atoms with Gasteiger partial charge in [0.2, 0.25) is 5.60 Å². The first-order valence-electron chi connectivity index (χ1n) is 9.83. The fourth-order valence-corrected chi connectivity index (χ4v) is 4.28. The second-order valence-electron chi connectivity index (χ2n) is 7.66. The Morgan fingerprint density at radius 3 is 2.50 bits per heavy atom. The first-order chi connectivity index (χ1) is 15.1. The van der Waals surface area contributed by atoms with Crippen molar-refractivity contribution in [1.82, 2.24) is 10.8 Å². The summed E-state index contributed by atoms with van der Waals surface area (Å²) in [5.74, 6) is -0.302. The van der Waals surface area contributed by atoms with Gasteiger partial charge in [0.25, 0.3) is 5.91 Å². The topological polar surface area (TPSA) is 59.6 Å². The molecule has 1 saturated heterocycles. The molecule has 2 unspecified atom stereocenters. The first-order valence-corrected chi connectivity index (χ1v) is 10.6. The lowest BCUT2D eigenvalue weighted by Gasteiger charge is -2.28. The predicted octanol–water partition coefficient (Wildman–Crippen LogP) is 5.50. The normalized spacial score (nSPS) is 23.1. The molecule has 4 rings (SSSR count). The van der Waals surface area contributed by atoms with E-state index < -0.39 is 11.8 Å². The number of aryl methyl sites for hydroxylation is 1. The van der Waals surface area contributed by atoms with Crippen LogP contribution < -0.4 is 10.8 Å². The van der Waals surface area contributed by atoms with Gasteiger partial charge in [-0.1, -0.05) is 29.3 Å². The smallest absolute Gasteiger partial charge is 0.359 e. The number of amides is 1. The molecule has 2 N–H and O–H groups in total. The summed E-state index contributed by atoms with van der Waals surface area (Å²) >= 11 is 11.9. The molecule has 170 valence electrons. The third-order valence-electron chi connectivity index (χ3n) is 5.39. The number of carbonyl (C=O) groups excluding carboxylic acids is 1. The van der Waals surface area contributed by atoms with Crippen LogP contribution in [0.5, 0.6) is 0 Å². The number of hydroxylamine groups is 1. The molecule has 0 bridgehead atoms. The van der Waals surface area contributed by atoms with Gasteiger partial charge in [-0.25, -0.2) is 0 Å². The Balaban J connectivity index is 1.66. The SMILES string of the molecule is Cc1cc(C2=CC(c3cc(Cl)cc(Cl)c3)(C(F)(F)F)ON2)ccc1C(=O)NC1CCCO1. The zero-order valence-electron chi connectivity index (χ0n) is 16.9. The summed E-state index contributed by atoms with van der Waals surface area (Å²) in [4.78, 5) is 17.6. The highest BCUT2D eigenvalue weighted by atomic mass is 35.5. The standard InChI is InChI=1S/C22H19Cl2F3N2O3/c1-12-7-13(4-5-17(12)20(30)28-19-3-2-6-31-19)18-11-21(32-29-18,22(25,26)27)14-8-15(23)10-16(24)9-14/h4-5,7-11,19,29H,2-3,6H2,1H3,(H,28,30). The Kier molecular flexibility index (Phi) is 6.15. The third kappa shape index (κ3) is 4.32. The highest BCUT2D eigenvalue weighted by Crippen LogP contribution is 2.48. The van der Waals surface area contributed by atoms with Crippen molar-refractivity contribution in [1.29, 1.82) is 0 Å². The summed E-state index contributed by atoms with van der Waals surface area (Å²) in [6, 6.07) is 8.38. The molecule has 0 saturated carbocycles. The van der Waals surface area contributed by atoms with Gasteiger partial charge in [0.05, 0.1) is 5.70 Å². The van der Waals surface area contributed by atoms with E-state index in [0.29, 0.717) is 23.3 Å². The summed E-state index contributed by atoms with van der Waals surface area (Å²) in [5.41, 5.74) is 0.878. The maximum absolute atomic E-state index is 14.1. The summed E-state index contributed by atoms with van der Waals surface area (Å²) in [5, 5.41) is 2.91. The van der Waals surface area contributed by atoms with E-state index >= 15 is 0 Å². The lowest BCUT2D eigenvalue weighted by atomic mass is 9.91. The maximum atomic E-state index is 14.1. The molecule has 2 aromatic carbocycles. The Morgan fingerprint density at radius 1 is 1.19 bits per heavy atom. The van der Waals surface area contributed by atoms with E-state index in [1.807, 2.05) is 0 Å². The van der Waals surface area contributed by atoms with Crippen LogP contribution in [0.25, 0.3) is 5.70 Å². The van der Waals surface area contributed by atoms with Crippen LogP contribution in [0.1, 0.15) is 39.9 Å². The number of hydrogen-bond donors (Lipinski definition) is 2. The van der Waals surface area contributed by atoms with Crippen LogP contribution in [0, 0.1) is 6.92 Å². The van der Waals surface area contributed by atoms with Gasteiger partial charge in [0.1, 0.15) is 6.23 Å². The van der Waals surface area contributed by atoms with E-state index in [4.69, 9.17) is 32.8 Å². The van der Waals surface area contributed by atoms with Crippen LogP contribution >= 0.6 is 23.2 Å². The summed E-state index contributed by atoms with van der Waals surface area (Å²) in [6.45, 7) is 2.31. The Hall–Kier alpha value is -2.26. The molecule has 1 fully saturated rings. The maximum Gasteiger partial charge on any atom is 0.428 e. The minimum Gasteiger partial charge on any atom is -0.359 e. The van der Waals surface area contributed by atoms with Crippen LogP contribution in [0.2, 0.25) is 10.0 Å². The highest BCUT2D eigenvalue weighted by Gasteiger charge is 2.59. The van der Waals surface area contributed by atoms with E-state index in [-0.39, 0.29) is 33.4 Å². The van der Waals surface area contributed by atoms with Crippen LogP contribution in [0.4, 0.5) is 13.2 Å².